The van der Waals surface area contributed by atoms with Crippen LogP contribution in [0.1, 0.15) is 18.1 Å². The molecule has 0 aromatic heterocycles. The van der Waals surface area contributed by atoms with Crippen molar-refractivity contribution in [3.05, 3.63) is 35.1 Å². The van der Waals surface area contributed by atoms with Crippen molar-refractivity contribution < 1.29 is 4.39 Å². The number of hydrogen-bond acceptors (Lipinski definition) is 1. The highest BCUT2D eigenvalue weighted by Gasteiger charge is 1.95. The van der Waals surface area contributed by atoms with Crippen molar-refractivity contribution in [1.82, 2.24) is 5.32 Å². The van der Waals surface area contributed by atoms with E-state index in [0.29, 0.717) is 12.1 Å². The molecule has 1 aromatic carbocycles. The lowest BCUT2D eigenvalue weighted by Crippen LogP contribution is -2.11. The van der Waals surface area contributed by atoms with Crippen molar-refractivity contribution >= 4 is 0 Å². The van der Waals surface area contributed by atoms with Crippen molar-refractivity contribution in [2.45, 2.75) is 13.8 Å². The van der Waals surface area contributed by atoms with Crippen LogP contribution in [0.5, 0.6) is 0 Å². The average molecular weight is 191 g/mol. The van der Waals surface area contributed by atoms with Crippen LogP contribution in [0.3, 0.4) is 0 Å². The average Bonchev–Trinajstić information content (AvgIpc) is 2.18. The van der Waals surface area contributed by atoms with Gasteiger partial charge in [0.15, 0.2) is 0 Å². The lowest BCUT2D eigenvalue weighted by Gasteiger charge is -1.95. The van der Waals surface area contributed by atoms with Gasteiger partial charge in [0, 0.05) is 5.56 Å². The third kappa shape index (κ3) is 3.20. The van der Waals surface area contributed by atoms with Crippen LogP contribution in [-0.4, -0.2) is 13.1 Å². The summed E-state index contributed by atoms with van der Waals surface area (Å²) < 4.78 is 12.9. The first-order chi connectivity index (χ1) is 6.74. The van der Waals surface area contributed by atoms with E-state index in [4.69, 9.17) is 0 Å². The van der Waals surface area contributed by atoms with Crippen LogP contribution in [0.2, 0.25) is 0 Å². The molecular weight excluding hydrogens is 177 g/mol. The maximum absolute atomic E-state index is 12.9. The van der Waals surface area contributed by atoms with Gasteiger partial charge in [-0.3, -0.25) is 0 Å². The van der Waals surface area contributed by atoms with E-state index in [1.807, 2.05) is 6.92 Å². The van der Waals surface area contributed by atoms with Gasteiger partial charge >= 0.3 is 0 Å². The predicted molar refractivity (Wildman–Crippen MR) is 56.6 cm³/mol. The minimum absolute atomic E-state index is 0.178. The Kier molecular flexibility index (Phi) is 4.15. The van der Waals surface area contributed by atoms with Gasteiger partial charge in [0.2, 0.25) is 0 Å². The third-order valence-electron chi connectivity index (χ3n) is 1.85. The number of rotatable bonds is 2. The zero-order valence-electron chi connectivity index (χ0n) is 8.52. The SMILES string of the molecule is CCNCC#Cc1ccc(F)c(C)c1. The van der Waals surface area contributed by atoms with Gasteiger partial charge in [0.1, 0.15) is 5.82 Å². The Hall–Kier alpha value is -1.33. The molecule has 1 rings (SSSR count). The first kappa shape index (κ1) is 10.7. The molecule has 1 aromatic rings. The summed E-state index contributed by atoms with van der Waals surface area (Å²) in [5.41, 5.74) is 1.50. The molecule has 0 saturated carbocycles. The van der Waals surface area contributed by atoms with E-state index in [2.05, 4.69) is 17.2 Å². The second-order valence-corrected chi connectivity index (χ2v) is 3.05. The monoisotopic (exact) mass is 191 g/mol. The standard InChI is InChI=1S/C12H14FN/c1-3-14-8-4-5-11-6-7-12(13)10(2)9-11/h6-7,9,14H,3,8H2,1-2H3. The molecule has 0 amide bonds. The fraction of sp³-hybridized carbons (Fsp3) is 0.333. The smallest absolute Gasteiger partial charge is 0.126 e. The van der Waals surface area contributed by atoms with Gasteiger partial charge in [-0.2, -0.15) is 0 Å². The van der Waals surface area contributed by atoms with E-state index in [1.54, 1.807) is 19.1 Å². The second kappa shape index (κ2) is 5.41. The molecule has 0 spiro atoms. The number of benzene rings is 1. The second-order valence-electron chi connectivity index (χ2n) is 3.05. The number of nitrogens with one attached hydrogen (secondary N) is 1. The van der Waals surface area contributed by atoms with Crippen LogP contribution < -0.4 is 5.32 Å². The first-order valence-electron chi connectivity index (χ1n) is 4.69. The van der Waals surface area contributed by atoms with Crippen molar-refractivity contribution in [2.24, 2.45) is 0 Å². The van der Waals surface area contributed by atoms with Gasteiger partial charge in [0.05, 0.1) is 6.54 Å². The summed E-state index contributed by atoms with van der Waals surface area (Å²) in [7, 11) is 0. The zero-order chi connectivity index (χ0) is 10.4. The largest absolute Gasteiger partial charge is 0.306 e. The van der Waals surface area contributed by atoms with Gasteiger partial charge in [-0.15, -0.1) is 0 Å². The van der Waals surface area contributed by atoms with E-state index in [1.165, 1.54) is 6.07 Å². The summed E-state index contributed by atoms with van der Waals surface area (Å²) in [5.74, 6) is 5.76. The Morgan fingerprint density at radius 2 is 2.21 bits per heavy atom. The molecule has 0 bridgehead atoms. The quantitative estimate of drug-likeness (QED) is 0.557. The molecule has 0 aliphatic heterocycles. The van der Waals surface area contributed by atoms with Gasteiger partial charge in [-0.1, -0.05) is 18.8 Å². The molecule has 1 N–H and O–H groups in total. The maximum atomic E-state index is 12.9. The fourth-order valence-corrected chi connectivity index (χ4v) is 1.06. The highest BCUT2D eigenvalue weighted by Crippen LogP contribution is 2.07. The number of aryl methyl sites for hydroxylation is 1. The highest BCUT2D eigenvalue weighted by atomic mass is 19.1. The predicted octanol–water partition coefficient (Wildman–Crippen LogP) is 2.10. The van der Waals surface area contributed by atoms with Crippen LogP contribution in [0.25, 0.3) is 0 Å². The van der Waals surface area contributed by atoms with Crippen LogP contribution >= 0.6 is 0 Å². The van der Waals surface area contributed by atoms with Gasteiger partial charge in [0.25, 0.3) is 0 Å². The lowest BCUT2D eigenvalue weighted by atomic mass is 10.1. The van der Waals surface area contributed by atoms with Gasteiger partial charge in [-0.25, -0.2) is 4.39 Å². The topological polar surface area (TPSA) is 12.0 Å². The molecule has 0 aliphatic carbocycles. The molecule has 1 nitrogen and oxygen atoms in total. The molecule has 0 aliphatic rings. The summed E-state index contributed by atoms with van der Waals surface area (Å²) in [5, 5.41) is 3.10. The number of hydrogen-bond donors (Lipinski definition) is 1. The molecule has 0 fully saturated rings. The Bertz CT molecular complexity index is 360. The summed E-state index contributed by atoms with van der Waals surface area (Å²) in [6, 6.07) is 4.90. The molecule has 0 heterocycles. The van der Waals surface area contributed by atoms with Crippen molar-refractivity contribution in [1.29, 1.82) is 0 Å². The zero-order valence-corrected chi connectivity index (χ0v) is 8.52. The summed E-state index contributed by atoms with van der Waals surface area (Å²) in [6.45, 7) is 5.36. The van der Waals surface area contributed by atoms with E-state index >= 15 is 0 Å². The molecule has 14 heavy (non-hydrogen) atoms. The van der Waals surface area contributed by atoms with Crippen LogP contribution in [0, 0.1) is 24.6 Å². The maximum Gasteiger partial charge on any atom is 0.126 e. The Morgan fingerprint density at radius 3 is 2.86 bits per heavy atom. The Morgan fingerprint density at radius 1 is 1.43 bits per heavy atom. The first-order valence-corrected chi connectivity index (χ1v) is 4.69. The van der Waals surface area contributed by atoms with Gasteiger partial charge < -0.3 is 5.32 Å². The van der Waals surface area contributed by atoms with E-state index in [0.717, 1.165) is 12.1 Å². The van der Waals surface area contributed by atoms with Gasteiger partial charge in [-0.05, 0) is 37.2 Å². The molecule has 0 atom stereocenters. The molecular formula is C12H14FN. The van der Waals surface area contributed by atoms with Crippen molar-refractivity contribution in [3.8, 4) is 11.8 Å². The van der Waals surface area contributed by atoms with Crippen molar-refractivity contribution in [2.75, 3.05) is 13.1 Å². The molecule has 74 valence electrons. The Balaban J connectivity index is 2.66. The van der Waals surface area contributed by atoms with Crippen LogP contribution in [-0.2, 0) is 0 Å². The molecule has 2 heteroatoms. The van der Waals surface area contributed by atoms with Crippen LogP contribution in [0.15, 0.2) is 18.2 Å². The summed E-state index contributed by atoms with van der Waals surface area (Å²) >= 11 is 0. The normalized spacial score (nSPS) is 9.36. The fourth-order valence-electron chi connectivity index (χ4n) is 1.06. The minimum atomic E-state index is -0.178. The van der Waals surface area contributed by atoms with Crippen molar-refractivity contribution in [3.63, 3.8) is 0 Å². The Labute approximate surface area is 84.3 Å². The minimum Gasteiger partial charge on any atom is -0.306 e. The highest BCUT2D eigenvalue weighted by molar-refractivity contribution is 5.37. The summed E-state index contributed by atoms with van der Waals surface area (Å²) in [6.07, 6.45) is 0. The molecule has 0 unspecified atom stereocenters. The number of halogens is 1. The molecule has 0 saturated heterocycles. The van der Waals surface area contributed by atoms with E-state index < -0.39 is 0 Å². The van der Waals surface area contributed by atoms with E-state index in [9.17, 15) is 4.39 Å². The van der Waals surface area contributed by atoms with E-state index in [-0.39, 0.29) is 5.82 Å². The molecule has 0 radical (unpaired) electrons. The third-order valence-corrected chi connectivity index (χ3v) is 1.85. The summed E-state index contributed by atoms with van der Waals surface area (Å²) in [4.78, 5) is 0. The van der Waals surface area contributed by atoms with Crippen LogP contribution in [0.4, 0.5) is 4.39 Å². The lowest BCUT2D eigenvalue weighted by molar-refractivity contribution is 0.618.